The average Bonchev–Trinajstić information content (AvgIpc) is 2.99. The highest BCUT2D eigenvalue weighted by Crippen LogP contribution is 2.50. The molecule has 0 saturated carbocycles. The van der Waals surface area contributed by atoms with Crippen LogP contribution in [0.1, 0.15) is 18.2 Å². The fourth-order valence-electron chi connectivity index (χ4n) is 2.36. The van der Waals surface area contributed by atoms with Crippen molar-refractivity contribution < 1.29 is 9.53 Å². The summed E-state index contributed by atoms with van der Waals surface area (Å²) >= 11 is 7.05. The third-order valence-corrected chi connectivity index (χ3v) is 6.81. The highest BCUT2D eigenvalue weighted by molar-refractivity contribution is 14.1. The first-order valence-corrected chi connectivity index (χ1v) is 10.7. The van der Waals surface area contributed by atoms with Crippen LogP contribution in [-0.2, 0) is 15.3 Å². The smallest absolute Gasteiger partial charge is 0.340 e. The number of aromatic nitrogens is 1. The Balaban J connectivity index is 1.96. The van der Waals surface area contributed by atoms with E-state index in [1.54, 1.807) is 6.92 Å². The highest BCUT2D eigenvalue weighted by atomic mass is 127. The van der Waals surface area contributed by atoms with Gasteiger partial charge in [0, 0.05) is 5.75 Å². The van der Waals surface area contributed by atoms with Crippen molar-refractivity contribution in [3.05, 3.63) is 70.0 Å². The second-order valence-electron chi connectivity index (χ2n) is 5.33. The maximum absolute atomic E-state index is 12.7. The number of hydrogen-bond donors (Lipinski definition) is 0. The van der Waals surface area contributed by atoms with Gasteiger partial charge in [-0.3, -0.25) is 0 Å². The zero-order chi connectivity index (χ0) is 18.6. The van der Waals surface area contributed by atoms with Gasteiger partial charge in [0.05, 0.1) is 12.3 Å². The Labute approximate surface area is 178 Å². The van der Waals surface area contributed by atoms with Gasteiger partial charge in [-0.15, -0.1) is 11.8 Å². The van der Waals surface area contributed by atoms with Crippen molar-refractivity contribution in [1.82, 2.24) is 4.98 Å². The molecule has 134 valence electrons. The number of benzene rings is 1. The van der Waals surface area contributed by atoms with Gasteiger partial charge in [0.15, 0.2) is 0 Å². The Hall–Kier alpha value is -1.26. The van der Waals surface area contributed by atoms with Crippen LogP contribution in [0.3, 0.4) is 0 Å². The van der Waals surface area contributed by atoms with Gasteiger partial charge in [-0.1, -0.05) is 36.4 Å². The Kier molecular flexibility index (Phi) is 6.46. The second-order valence-corrected chi connectivity index (χ2v) is 9.60. The number of halogens is 2. The number of pyridine rings is 1. The van der Waals surface area contributed by atoms with E-state index in [1.165, 1.54) is 11.8 Å². The zero-order valence-corrected chi connectivity index (χ0v) is 18.4. The number of nitrogens with zero attached hydrogens (tertiary/aromatic N) is 3. The van der Waals surface area contributed by atoms with Crippen LogP contribution in [0.5, 0.6) is 0 Å². The average molecular weight is 544 g/mol. The van der Waals surface area contributed by atoms with Crippen LogP contribution in [0.4, 0.5) is 0 Å². The molecule has 3 rings (SSSR count). The molecule has 1 atom stereocenters. The molecule has 0 spiro atoms. The molecule has 1 unspecified atom stereocenters. The van der Waals surface area contributed by atoms with Crippen LogP contribution in [-0.4, -0.2) is 20.4 Å². The predicted molar refractivity (Wildman–Crippen MR) is 115 cm³/mol. The maximum atomic E-state index is 12.7. The van der Waals surface area contributed by atoms with Gasteiger partial charge in [0.1, 0.15) is 15.9 Å². The van der Waals surface area contributed by atoms with Crippen molar-refractivity contribution in [2.24, 2.45) is 10.2 Å². The summed E-state index contributed by atoms with van der Waals surface area (Å²) in [5, 5.41) is 8.69. The number of ether oxygens (including phenoxy) is 1. The molecule has 0 amide bonds. The van der Waals surface area contributed by atoms with Crippen molar-refractivity contribution >= 4 is 61.9 Å². The van der Waals surface area contributed by atoms with Crippen LogP contribution >= 0.6 is 50.3 Å². The SMILES string of the molecule is CCOC(=O)C1=C(c2cccc(Br)n2)N=NC1(I)SCc1ccccc1. The molecule has 0 N–H and O–H groups in total. The molecule has 1 aromatic heterocycles. The lowest BCUT2D eigenvalue weighted by Crippen LogP contribution is -2.23. The molecule has 0 fully saturated rings. The van der Waals surface area contributed by atoms with Crippen molar-refractivity contribution in [2.45, 2.75) is 15.6 Å². The molecule has 2 heterocycles. The fraction of sp³-hybridized carbons (Fsp3) is 0.222. The van der Waals surface area contributed by atoms with Gasteiger partial charge in [-0.05, 0) is 63.1 Å². The molecular weight excluding hydrogens is 529 g/mol. The number of hydrogen-bond acceptors (Lipinski definition) is 6. The van der Waals surface area contributed by atoms with Crippen molar-refractivity contribution in [2.75, 3.05) is 6.61 Å². The minimum Gasteiger partial charge on any atom is -0.462 e. The molecule has 8 heteroatoms. The van der Waals surface area contributed by atoms with Crippen molar-refractivity contribution in [3.8, 4) is 0 Å². The Morgan fingerprint density at radius 1 is 1.23 bits per heavy atom. The summed E-state index contributed by atoms with van der Waals surface area (Å²) < 4.78 is 5.10. The van der Waals surface area contributed by atoms with Crippen molar-refractivity contribution in [1.29, 1.82) is 0 Å². The summed E-state index contributed by atoms with van der Waals surface area (Å²) in [6.07, 6.45) is 0. The van der Waals surface area contributed by atoms with E-state index >= 15 is 0 Å². The van der Waals surface area contributed by atoms with Crippen LogP contribution in [0.2, 0.25) is 0 Å². The monoisotopic (exact) mass is 543 g/mol. The lowest BCUT2D eigenvalue weighted by atomic mass is 10.1. The molecule has 2 aromatic rings. The number of thioether (sulfide) groups is 1. The van der Waals surface area contributed by atoms with Crippen LogP contribution in [0, 0.1) is 0 Å². The van der Waals surface area contributed by atoms with E-state index in [1.807, 2.05) is 48.5 Å². The van der Waals surface area contributed by atoms with E-state index in [2.05, 4.69) is 53.7 Å². The van der Waals surface area contributed by atoms with E-state index in [0.29, 0.717) is 27.3 Å². The van der Waals surface area contributed by atoms with E-state index in [9.17, 15) is 4.79 Å². The van der Waals surface area contributed by atoms with Crippen molar-refractivity contribution in [3.63, 3.8) is 0 Å². The first kappa shape index (κ1) is 19.5. The van der Waals surface area contributed by atoms with E-state index < -0.39 is 8.85 Å². The van der Waals surface area contributed by atoms with Gasteiger partial charge < -0.3 is 4.74 Å². The molecule has 26 heavy (non-hydrogen) atoms. The third-order valence-electron chi connectivity index (χ3n) is 3.53. The number of carbonyl (C=O) groups excluding carboxylic acids is 1. The summed E-state index contributed by atoms with van der Waals surface area (Å²) in [4.78, 5) is 17.1. The molecular formula is C18H15BrIN3O2S. The van der Waals surface area contributed by atoms with Gasteiger partial charge in [-0.25, -0.2) is 9.78 Å². The summed E-state index contributed by atoms with van der Waals surface area (Å²) in [6, 6.07) is 15.5. The molecule has 0 bridgehead atoms. The van der Waals surface area contributed by atoms with Gasteiger partial charge in [0.2, 0.25) is 2.88 Å². The molecule has 1 aromatic carbocycles. The van der Waals surface area contributed by atoms with Gasteiger partial charge >= 0.3 is 5.97 Å². The quantitative estimate of drug-likeness (QED) is 0.156. The first-order valence-electron chi connectivity index (χ1n) is 7.88. The largest absolute Gasteiger partial charge is 0.462 e. The van der Waals surface area contributed by atoms with Gasteiger partial charge in [0.25, 0.3) is 0 Å². The van der Waals surface area contributed by atoms with Crippen LogP contribution < -0.4 is 0 Å². The molecule has 0 aliphatic carbocycles. The van der Waals surface area contributed by atoms with E-state index in [0.717, 1.165) is 5.56 Å². The van der Waals surface area contributed by atoms with E-state index in [4.69, 9.17) is 4.74 Å². The summed E-state index contributed by atoms with van der Waals surface area (Å²) in [5.41, 5.74) is 2.62. The second kappa shape index (κ2) is 8.62. The lowest BCUT2D eigenvalue weighted by molar-refractivity contribution is -0.138. The Bertz CT molecular complexity index is 876. The maximum Gasteiger partial charge on any atom is 0.340 e. The van der Waals surface area contributed by atoms with Gasteiger partial charge in [-0.2, -0.15) is 10.2 Å². The molecule has 0 saturated heterocycles. The third kappa shape index (κ3) is 4.34. The summed E-state index contributed by atoms with van der Waals surface area (Å²) in [5.74, 6) is 0.287. The fourth-order valence-corrected chi connectivity index (χ4v) is 4.73. The van der Waals surface area contributed by atoms with Crippen LogP contribution in [0.15, 0.2) is 68.9 Å². The number of carbonyl (C=O) groups is 1. The topological polar surface area (TPSA) is 63.9 Å². The summed E-state index contributed by atoms with van der Waals surface area (Å²) in [7, 11) is 0. The standard InChI is InChI=1S/C18H15BrIN3O2S/c1-2-25-17(24)15-16(13-9-6-10-14(19)21-13)22-23-18(15,20)26-11-12-7-4-3-5-8-12/h3-10H,2,11H2,1H3. The molecule has 0 radical (unpaired) electrons. The Morgan fingerprint density at radius 3 is 2.69 bits per heavy atom. The molecule has 1 aliphatic rings. The normalized spacial score (nSPS) is 19.0. The molecule has 5 nitrogen and oxygen atoms in total. The van der Waals surface area contributed by atoms with E-state index in [-0.39, 0.29) is 6.61 Å². The first-order chi connectivity index (χ1) is 12.5. The number of alkyl halides is 1. The highest BCUT2D eigenvalue weighted by Gasteiger charge is 2.44. The predicted octanol–water partition coefficient (Wildman–Crippen LogP) is 5.61. The summed E-state index contributed by atoms with van der Waals surface area (Å²) in [6.45, 7) is 2.07. The minimum atomic E-state index is -0.848. The van der Waals surface area contributed by atoms with Crippen LogP contribution in [0.25, 0.3) is 5.70 Å². The molecule has 1 aliphatic heterocycles. The zero-order valence-electron chi connectivity index (χ0n) is 13.9. The number of azo groups is 1. The number of esters is 1. The Morgan fingerprint density at radius 2 is 2.00 bits per heavy atom. The number of rotatable bonds is 6. The minimum absolute atomic E-state index is 0.289. The lowest BCUT2D eigenvalue weighted by Gasteiger charge is -2.20.